The molecule has 1 aromatic heterocycles. The summed E-state index contributed by atoms with van der Waals surface area (Å²) in [6, 6.07) is 7.62. The second-order valence-electron chi connectivity index (χ2n) is 4.89. The van der Waals surface area contributed by atoms with Gasteiger partial charge in [-0.25, -0.2) is 4.98 Å². The van der Waals surface area contributed by atoms with Crippen LogP contribution in [0, 0.1) is 5.92 Å². The Hall–Kier alpha value is -1.46. The van der Waals surface area contributed by atoms with E-state index in [1.165, 1.54) is 4.70 Å². The van der Waals surface area contributed by atoms with Crippen LogP contribution in [0.5, 0.6) is 0 Å². The molecule has 102 valence electrons. The maximum Gasteiger partial charge on any atom is 0.237 e. The largest absolute Gasteiger partial charge is 0.354 e. The SMILES string of the molecule is CC(C)[C@@H](N)C(=O)NCCc1nc2ccccc2s1. The van der Waals surface area contributed by atoms with Crippen LogP contribution in [0.15, 0.2) is 24.3 Å². The van der Waals surface area contributed by atoms with Crippen molar-refractivity contribution in [1.82, 2.24) is 10.3 Å². The van der Waals surface area contributed by atoms with Crippen molar-refractivity contribution in [2.24, 2.45) is 11.7 Å². The lowest BCUT2D eigenvalue weighted by Gasteiger charge is -2.14. The lowest BCUT2D eigenvalue weighted by atomic mass is 10.1. The minimum Gasteiger partial charge on any atom is -0.354 e. The number of benzene rings is 1. The lowest BCUT2D eigenvalue weighted by Crippen LogP contribution is -2.44. The van der Waals surface area contributed by atoms with Gasteiger partial charge in [-0.3, -0.25) is 4.79 Å². The maximum atomic E-state index is 11.7. The first-order chi connectivity index (χ1) is 9.08. The molecule has 0 saturated heterocycles. The number of thiazole rings is 1. The Labute approximate surface area is 117 Å². The molecule has 1 aromatic carbocycles. The van der Waals surface area contributed by atoms with Crippen LogP contribution in [0.25, 0.3) is 10.2 Å². The van der Waals surface area contributed by atoms with E-state index in [9.17, 15) is 4.79 Å². The fraction of sp³-hybridized carbons (Fsp3) is 0.429. The lowest BCUT2D eigenvalue weighted by molar-refractivity contribution is -0.123. The van der Waals surface area contributed by atoms with Crippen LogP contribution >= 0.6 is 11.3 Å². The van der Waals surface area contributed by atoms with E-state index < -0.39 is 6.04 Å². The first kappa shape index (κ1) is 14.0. The fourth-order valence-electron chi connectivity index (χ4n) is 1.74. The van der Waals surface area contributed by atoms with Crippen LogP contribution in [0.4, 0.5) is 0 Å². The van der Waals surface area contributed by atoms with E-state index in [1.807, 2.05) is 32.0 Å². The molecular weight excluding hydrogens is 258 g/mol. The molecule has 0 saturated carbocycles. The van der Waals surface area contributed by atoms with Crippen molar-refractivity contribution >= 4 is 27.5 Å². The van der Waals surface area contributed by atoms with Crippen molar-refractivity contribution in [3.8, 4) is 0 Å². The molecule has 2 rings (SSSR count). The number of carbonyl (C=O) groups excluding carboxylic acids is 1. The molecule has 3 N–H and O–H groups in total. The Morgan fingerprint density at radius 2 is 2.16 bits per heavy atom. The number of rotatable bonds is 5. The Morgan fingerprint density at radius 1 is 1.42 bits per heavy atom. The molecule has 0 radical (unpaired) electrons. The van der Waals surface area contributed by atoms with Gasteiger partial charge in [0.25, 0.3) is 0 Å². The molecule has 19 heavy (non-hydrogen) atoms. The number of fused-ring (bicyclic) bond motifs is 1. The molecule has 0 aliphatic carbocycles. The molecule has 0 unspecified atom stereocenters. The zero-order chi connectivity index (χ0) is 13.8. The highest BCUT2D eigenvalue weighted by atomic mass is 32.1. The summed E-state index contributed by atoms with van der Waals surface area (Å²) in [6.07, 6.45) is 0.746. The van der Waals surface area contributed by atoms with Gasteiger partial charge in [0, 0.05) is 13.0 Å². The third-order valence-electron chi connectivity index (χ3n) is 3.00. The highest BCUT2D eigenvalue weighted by Crippen LogP contribution is 2.21. The fourth-order valence-corrected chi connectivity index (χ4v) is 2.71. The van der Waals surface area contributed by atoms with Crippen molar-refractivity contribution in [3.05, 3.63) is 29.3 Å². The summed E-state index contributed by atoms with van der Waals surface area (Å²) in [5.74, 6) is 0.0681. The zero-order valence-electron chi connectivity index (χ0n) is 11.2. The topological polar surface area (TPSA) is 68.0 Å². The monoisotopic (exact) mass is 277 g/mol. The van der Waals surface area contributed by atoms with Crippen molar-refractivity contribution in [1.29, 1.82) is 0 Å². The molecule has 0 bridgehead atoms. The number of nitrogens with one attached hydrogen (secondary N) is 1. The third kappa shape index (κ3) is 3.52. The summed E-state index contributed by atoms with van der Waals surface area (Å²) >= 11 is 1.67. The zero-order valence-corrected chi connectivity index (χ0v) is 12.0. The van der Waals surface area contributed by atoms with Gasteiger partial charge in [-0.05, 0) is 18.1 Å². The smallest absolute Gasteiger partial charge is 0.237 e. The van der Waals surface area contributed by atoms with E-state index in [1.54, 1.807) is 11.3 Å². The first-order valence-corrected chi connectivity index (χ1v) is 7.27. The second kappa shape index (κ2) is 6.12. The second-order valence-corrected chi connectivity index (χ2v) is 6.00. The molecule has 0 spiro atoms. The molecule has 1 atom stereocenters. The summed E-state index contributed by atoms with van der Waals surface area (Å²) in [4.78, 5) is 16.2. The summed E-state index contributed by atoms with van der Waals surface area (Å²) in [5.41, 5.74) is 6.80. The maximum absolute atomic E-state index is 11.7. The molecule has 0 fully saturated rings. The highest BCUT2D eigenvalue weighted by Gasteiger charge is 2.16. The number of para-hydroxylation sites is 1. The number of hydrogen-bond donors (Lipinski definition) is 2. The van der Waals surface area contributed by atoms with Crippen LogP contribution in [-0.4, -0.2) is 23.5 Å². The number of nitrogens with zero attached hydrogens (tertiary/aromatic N) is 1. The molecule has 5 heteroatoms. The van der Waals surface area contributed by atoms with Crippen LogP contribution in [0.3, 0.4) is 0 Å². The Kier molecular flexibility index (Phi) is 4.50. The normalized spacial score (nSPS) is 12.8. The predicted octanol–water partition coefficient (Wildman–Crippen LogP) is 1.94. The molecule has 2 aromatic rings. The minimum absolute atomic E-state index is 0.0869. The molecule has 1 heterocycles. The quantitative estimate of drug-likeness (QED) is 0.877. The van der Waals surface area contributed by atoms with E-state index in [0.717, 1.165) is 16.9 Å². The molecule has 4 nitrogen and oxygen atoms in total. The van der Waals surface area contributed by atoms with Crippen LogP contribution in [0.2, 0.25) is 0 Å². The van der Waals surface area contributed by atoms with Gasteiger partial charge in [-0.15, -0.1) is 11.3 Å². The van der Waals surface area contributed by atoms with E-state index >= 15 is 0 Å². The predicted molar refractivity (Wildman–Crippen MR) is 79.1 cm³/mol. The average Bonchev–Trinajstić information content (AvgIpc) is 2.80. The first-order valence-electron chi connectivity index (χ1n) is 6.45. The van der Waals surface area contributed by atoms with Crippen molar-refractivity contribution in [3.63, 3.8) is 0 Å². The summed E-state index contributed by atoms with van der Waals surface area (Å²) in [5, 5.41) is 3.90. The Bertz CT molecular complexity index is 532. The van der Waals surface area contributed by atoms with Crippen LogP contribution in [0.1, 0.15) is 18.9 Å². The summed E-state index contributed by atoms with van der Waals surface area (Å²) in [7, 11) is 0. The van der Waals surface area contributed by atoms with Gasteiger partial charge >= 0.3 is 0 Å². The number of nitrogens with two attached hydrogens (primary N) is 1. The molecule has 0 aliphatic rings. The number of aromatic nitrogens is 1. The minimum atomic E-state index is -0.435. The van der Waals surface area contributed by atoms with Gasteiger partial charge < -0.3 is 11.1 Å². The van der Waals surface area contributed by atoms with E-state index in [2.05, 4.69) is 16.4 Å². The highest BCUT2D eigenvalue weighted by molar-refractivity contribution is 7.18. The average molecular weight is 277 g/mol. The third-order valence-corrected chi connectivity index (χ3v) is 4.09. The van der Waals surface area contributed by atoms with E-state index in [0.29, 0.717) is 6.54 Å². The van der Waals surface area contributed by atoms with Gasteiger partial charge in [-0.2, -0.15) is 0 Å². The standard InChI is InChI=1S/C14H19N3OS/c1-9(2)13(15)14(18)16-8-7-12-17-10-5-3-4-6-11(10)19-12/h3-6,9,13H,7-8,15H2,1-2H3,(H,16,18)/t13-/m1/s1. The van der Waals surface area contributed by atoms with Crippen molar-refractivity contribution < 1.29 is 4.79 Å². The van der Waals surface area contributed by atoms with Crippen LogP contribution < -0.4 is 11.1 Å². The van der Waals surface area contributed by atoms with E-state index in [-0.39, 0.29) is 11.8 Å². The Morgan fingerprint density at radius 3 is 2.84 bits per heavy atom. The van der Waals surface area contributed by atoms with Crippen LogP contribution in [-0.2, 0) is 11.2 Å². The summed E-state index contributed by atoms with van der Waals surface area (Å²) < 4.78 is 1.18. The molecular formula is C14H19N3OS. The molecule has 1 amide bonds. The summed E-state index contributed by atoms with van der Waals surface area (Å²) in [6.45, 7) is 4.47. The number of hydrogen-bond acceptors (Lipinski definition) is 4. The van der Waals surface area contributed by atoms with Gasteiger partial charge in [0.05, 0.1) is 21.3 Å². The van der Waals surface area contributed by atoms with Crippen molar-refractivity contribution in [2.45, 2.75) is 26.3 Å². The Balaban J connectivity index is 1.87. The van der Waals surface area contributed by atoms with E-state index in [4.69, 9.17) is 5.73 Å². The van der Waals surface area contributed by atoms with Gasteiger partial charge in [0.1, 0.15) is 0 Å². The molecule has 0 aliphatic heterocycles. The number of carbonyl (C=O) groups is 1. The van der Waals surface area contributed by atoms with Gasteiger partial charge in [-0.1, -0.05) is 26.0 Å². The van der Waals surface area contributed by atoms with Crippen molar-refractivity contribution in [2.75, 3.05) is 6.54 Å². The van der Waals surface area contributed by atoms with Gasteiger partial charge in [0.15, 0.2) is 0 Å². The van der Waals surface area contributed by atoms with Gasteiger partial charge in [0.2, 0.25) is 5.91 Å². The number of amides is 1.